The van der Waals surface area contributed by atoms with Crippen LogP contribution in [0.4, 0.5) is 5.69 Å². The molecule has 0 spiro atoms. The Bertz CT molecular complexity index is 440. The summed E-state index contributed by atoms with van der Waals surface area (Å²) in [4.78, 5) is 12.3. The van der Waals surface area contributed by atoms with Crippen molar-refractivity contribution in [2.24, 2.45) is 11.8 Å². The normalized spacial score (nSPS) is 30.2. The standard InChI is InChI=1S/C15H20N2O/c1-10-5-7-12(8-6-10)17-15(18)14-13-4-2-3-11(13)9-16-14/h5-8,11,13-14,16H,2-4,9H2,1H3,(H,17,18). The average Bonchev–Trinajstić information content (AvgIpc) is 2.93. The van der Waals surface area contributed by atoms with Crippen molar-refractivity contribution in [2.45, 2.75) is 32.2 Å². The molecule has 18 heavy (non-hydrogen) atoms. The summed E-state index contributed by atoms with van der Waals surface area (Å²) in [5.74, 6) is 1.41. The number of hydrogen-bond acceptors (Lipinski definition) is 2. The number of nitrogens with one attached hydrogen (secondary N) is 2. The predicted octanol–water partition coefficient (Wildman–Crippen LogP) is 2.32. The van der Waals surface area contributed by atoms with Crippen LogP contribution in [-0.4, -0.2) is 18.5 Å². The number of amides is 1. The van der Waals surface area contributed by atoms with Crippen molar-refractivity contribution >= 4 is 11.6 Å². The van der Waals surface area contributed by atoms with Crippen molar-refractivity contribution in [1.29, 1.82) is 0 Å². The molecule has 2 fully saturated rings. The third kappa shape index (κ3) is 2.15. The van der Waals surface area contributed by atoms with Crippen LogP contribution in [0.2, 0.25) is 0 Å². The van der Waals surface area contributed by atoms with Gasteiger partial charge in [0.25, 0.3) is 0 Å². The topological polar surface area (TPSA) is 41.1 Å². The van der Waals surface area contributed by atoms with Crippen LogP contribution in [0.5, 0.6) is 0 Å². The molecular weight excluding hydrogens is 224 g/mol. The molecule has 3 rings (SSSR count). The Hall–Kier alpha value is -1.35. The molecule has 0 radical (unpaired) electrons. The molecule has 1 aromatic rings. The summed E-state index contributed by atoms with van der Waals surface area (Å²) in [5, 5.41) is 6.40. The molecule has 1 amide bonds. The van der Waals surface area contributed by atoms with Gasteiger partial charge >= 0.3 is 0 Å². The summed E-state index contributed by atoms with van der Waals surface area (Å²) in [6.07, 6.45) is 3.76. The second-order valence-electron chi connectivity index (χ2n) is 5.60. The molecule has 1 aliphatic heterocycles. The van der Waals surface area contributed by atoms with E-state index in [0.29, 0.717) is 5.92 Å². The predicted molar refractivity (Wildman–Crippen MR) is 72.4 cm³/mol. The third-order valence-corrected chi connectivity index (χ3v) is 4.35. The number of rotatable bonds is 2. The highest BCUT2D eigenvalue weighted by Gasteiger charge is 2.42. The Labute approximate surface area is 108 Å². The first-order valence-electron chi connectivity index (χ1n) is 6.85. The second kappa shape index (κ2) is 4.73. The first kappa shape index (κ1) is 11.7. The van der Waals surface area contributed by atoms with E-state index in [0.717, 1.165) is 18.2 Å². The molecule has 1 saturated heterocycles. The fourth-order valence-corrected chi connectivity index (χ4v) is 3.33. The van der Waals surface area contributed by atoms with E-state index in [1.807, 2.05) is 31.2 Å². The lowest BCUT2D eigenvalue weighted by molar-refractivity contribution is -0.118. The van der Waals surface area contributed by atoms with E-state index in [4.69, 9.17) is 0 Å². The van der Waals surface area contributed by atoms with Gasteiger partial charge in [-0.2, -0.15) is 0 Å². The third-order valence-electron chi connectivity index (χ3n) is 4.35. The highest BCUT2D eigenvalue weighted by atomic mass is 16.2. The smallest absolute Gasteiger partial charge is 0.241 e. The summed E-state index contributed by atoms with van der Waals surface area (Å²) >= 11 is 0. The quantitative estimate of drug-likeness (QED) is 0.838. The Morgan fingerprint density at radius 1 is 1.28 bits per heavy atom. The molecule has 96 valence electrons. The average molecular weight is 244 g/mol. The Kier molecular flexibility index (Phi) is 3.08. The zero-order valence-corrected chi connectivity index (χ0v) is 10.8. The van der Waals surface area contributed by atoms with Gasteiger partial charge in [-0.05, 0) is 50.3 Å². The Morgan fingerprint density at radius 3 is 2.83 bits per heavy atom. The maximum atomic E-state index is 12.3. The Balaban J connectivity index is 1.66. The maximum absolute atomic E-state index is 12.3. The molecular formula is C15H20N2O. The maximum Gasteiger partial charge on any atom is 0.241 e. The van der Waals surface area contributed by atoms with Gasteiger partial charge in [-0.1, -0.05) is 24.1 Å². The molecule has 1 aliphatic carbocycles. The summed E-state index contributed by atoms with van der Waals surface area (Å²) < 4.78 is 0. The molecule has 1 aromatic carbocycles. The number of hydrogen-bond donors (Lipinski definition) is 2. The molecule has 3 nitrogen and oxygen atoms in total. The van der Waals surface area contributed by atoms with Gasteiger partial charge in [0, 0.05) is 5.69 Å². The fraction of sp³-hybridized carbons (Fsp3) is 0.533. The van der Waals surface area contributed by atoms with Gasteiger partial charge in [0.05, 0.1) is 6.04 Å². The SMILES string of the molecule is Cc1ccc(NC(=O)C2NCC3CCCC32)cc1. The van der Waals surface area contributed by atoms with Crippen LogP contribution in [0, 0.1) is 18.8 Å². The van der Waals surface area contributed by atoms with Crippen molar-refractivity contribution in [3.05, 3.63) is 29.8 Å². The fourth-order valence-electron chi connectivity index (χ4n) is 3.33. The number of carbonyl (C=O) groups excluding carboxylic acids is 1. The van der Waals surface area contributed by atoms with Crippen molar-refractivity contribution in [2.75, 3.05) is 11.9 Å². The van der Waals surface area contributed by atoms with Crippen LogP contribution in [-0.2, 0) is 4.79 Å². The lowest BCUT2D eigenvalue weighted by atomic mass is 9.93. The van der Waals surface area contributed by atoms with Gasteiger partial charge < -0.3 is 10.6 Å². The zero-order chi connectivity index (χ0) is 12.5. The van der Waals surface area contributed by atoms with Crippen LogP contribution < -0.4 is 10.6 Å². The number of fused-ring (bicyclic) bond motifs is 1. The first-order valence-corrected chi connectivity index (χ1v) is 6.85. The van der Waals surface area contributed by atoms with E-state index in [2.05, 4.69) is 10.6 Å². The van der Waals surface area contributed by atoms with Crippen molar-refractivity contribution in [1.82, 2.24) is 5.32 Å². The summed E-state index contributed by atoms with van der Waals surface area (Å²) in [5.41, 5.74) is 2.11. The van der Waals surface area contributed by atoms with E-state index >= 15 is 0 Å². The lowest BCUT2D eigenvalue weighted by Crippen LogP contribution is -2.39. The van der Waals surface area contributed by atoms with E-state index < -0.39 is 0 Å². The molecule has 3 atom stereocenters. The second-order valence-corrected chi connectivity index (χ2v) is 5.60. The minimum atomic E-state index is 0.0128. The summed E-state index contributed by atoms with van der Waals surface area (Å²) in [6, 6.07) is 7.99. The van der Waals surface area contributed by atoms with Crippen molar-refractivity contribution in [3.8, 4) is 0 Å². The van der Waals surface area contributed by atoms with E-state index in [1.165, 1.54) is 24.8 Å². The van der Waals surface area contributed by atoms with E-state index in [9.17, 15) is 4.79 Å². The van der Waals surface area contributed by atoms with E-state index in [-0.39, 0.29) is 11.9 Å². The van der Waals surface area contributed by atoms with E-state index in [1.54, 1.807) is 0 Å². The van der Waals surface area contributed by atoms with Gasteiger partial charge in [0.2, 0.25) is 5.91 Å². The first-order chi connectivity index (χ1) is 8.74. The van der Waals surface area contributed by atoms with Gasteiger partial charge in [-0.25, -0.2) is 0 Å². The summed E-state index contributed by atoms with van der Waals surface area (Å²) in [6.45, 7) is 3.06. The van der Waals surface area contributed by atoms with Gasteiger partial charge in [-0.15, -0.1) is 0 Å². The number of aryl methyl sites for hydroxylation is 1. The molecule has 0 aromatic heterocycles. The minimum Gasteiger partial charge on any atom is -0.325 e. The van der Waals surface area contributed by atoms with Crippen molar-refractivity contribution in [3.63, 3.8) is 0 Å². The minimum absolute atomic E-state index is 0.0128. The highest BCUT2D eigenvalue weighted by Crippen LogP contribution is 2.37. The van der Waals surface area contributed by atoms with Crippen LogP contribution in [0.15, 0.2) is 24.3 Å². The van der Waals surface area contributed by atoms with Crippen LogP contribution in [0.3, 0.4) is 0 Å². The van der Waals surface area contributed by atoms with Crippen LogP contribution >= 0.6 is 0 Å². The lowest BCUT2D eigenvalue weighted by Gasteiger charge is -2.17. The van der Waals surface area contributed by atoms with Crippen molar-refractivity contribution < 1.29 is 4.79 Å². The van der Waals surface area contributed by atoms with Gasteiger partial charge in [-0.3, -0.25) is 4.79 Å². The molecule has 2 N–H and O–H groups in total. The largest absolute Gasteiger partial charge is 0.325 e. The van der Waals surface area contributed by atoms with Gasteiger partial charge in [0.15, 0.2) is 0 Å². The van der Waals surface area contributed by atoms with Gasteiger partial charge in [0.1, 0.15) is 0 Å². The van der Waals surface area contributed by atoms with Crippen LogP contribution in [0.25, 0.3) is 0 Å². The molecule has 3 heteroatoms. The number of carbonyl (C=O) groups is 1. The molecule has 1 heterocycles. The molecule has 2 aliphatic rings. The monoisotopic (exact) mass is 244 g/mol. The number of benzene rings is 1. The Morgan fingerprint density at radius 2 is 2.06 bits per heavy atom. The van der Waals surface area contributed by atoms with Crippen LogP contribution in [0.1, 0.15) is 24.8 Å². The molecule has 1 saturated carbocycles. The summed E-state index contributed by atoms with van der Waals surface area (Å²) in [7, 11) is 0. The molecule has 3 unspecified atom stereocenters. The highest BCUT2D eigenvalue weighted by molar-refractivity contribution is 5.95. The zero-order valence-electron chi connectivity index (χ0n) is 10.8. The number of anilines is 1. The molecule has 0 bridgehead atoms.